The largest absolute Gasteiger partial charge is 0.371 e. The van der Waals surface area contributed by atoms with Crippen LogP contribution in [0.3, 0.4) is 0 Å². The van der Waals surface area contributed by atoms with Gasteiger partial charge < -0.3 is 9.64 Å². The first-order valence-corrected chi connectivity index (χ1v) is 8.73. The normalized spacial score (nSPS) is 26.5. The van der Waals surface area contributed by atoms with Gasteiger partial charge in [-0.1, -0.05) is 18.6 Å². The molecular weight excluding hydrogens is 307 g/mol. The zero-order chi connectivity index (χ0) is 17.2. The molecule has 0 bridgehead atoms. The summed E-state index contributed by atoms with van der Waals surface area (Å²) in [5.74, 6) is 0.474. The van der Waals surface area contributed by atoms with Crippen LogP contribution in [-0.4, -0.2) is 56.1 Å². The molecule has 1 aromatic rings. The lowest BCUT2D eigenvalue weighted by Gasteiger charge is -2.29. The molecule has 2 fully saturated rings. The lowest BCUT2D eigenvalue weighted by Crippen LogP contribution is -2.34. The molecule has 132 valence electrons. The molecule has 3 rings (SSSR count). The average Bonchev–Trinajstić information content (AvgIpc) is 3.06. The first kappa shape index (κ1) is 17.4. The van der Waals surface area contributed by atoms with Gasteiger partial charge in [-0.15, -0.1) is 0 Å². The number of hydrogen-bond acceptors (Lipinski definition) is 3. The van der Waals surface area contributed by atoms with Crippen molar-refractivity contribution in [3.8, 4) is 0 Å². The summed E-state index contributed by atoms with van der Waals surface area (Å²) in [6, 6.07) is 6.78. The Morgan fingerprint density at radius 3 is 2.83 bits per heavy atom. The van der Waals surface area contributed by atoms with Gasteiger partial charge in [-0.3, -0.25) is 9.69 Å². The van der Waals surface area contributed by atoms with Crippen molar-refractivity contribution in [3.05, 3.63) is 35.6 Å². The van der Waals surface area contributed by atoms with Gasteiger partial charge in [-0.2, -0.15) is 0 Å². The number of amides is 1. The molecule has 1 amide bonds. The van der Waals surface area contributed by atoms with Crippen molar-refractivity contribution in [2.75, 3.05) is 40.4 Å². The van der Waals surface area contributed by atoms with E-state index in [0.717, 1.165) is 25.2 Å². The predicted octanol–water partition coefficient (Wildman–Crippen LogP) is 2.53. The van der Waals surface area contributed by atoms with Gasteiger partial charge in [0.15, 0.2) is 0 Å². The predicted molar refractivity (Wildman–Crippen MR) is 91.0 cm³/mol. The lowest BCUT2D eigenvalue weighted by molar-refractivity contribution is -0.135. The Balaban J connectivity index is 1.57. The molecule has 0 spiro atoms. The second-order valence-corrected chi connectivity index (χ2v) is 7.53. The van der Waals surface area contributed by atoms with E-state index in [4.69, 9.17) is 4.74 Å². The third-order valence-electron chi connectivity index (χ3n) is 5.54. The van der Waals surface area contributed by atoms with Gasteiger partial charge in [0.2, 0.25) is 5.91 Å². The zero-order valence-electron chi connectivity index (χ0n) is 14.6. The summed E-state index contributed by atoms with van der Waals surface area (Å²) < 4.78 is 18.8. The summed E-state index contributed by atoms with van der Waals surface area (Å²) in [6.45, 7) is 3.76. The molecule has 2 atom stereocenters. The maximum absolute atomic E-state index is 13.0. The molecule has 0 radical (unpaired) electrons. The highest BCUT2D eigenvalue weighted by molar-refractivity contribution is 5.76. The van der Waals surface area contributed by atoms with E-state index in [1.807, 2.05) is 12.1 Å². The van der Waals surface area contributed by atoms with E-state index in [9.17, 15) is 9.18 Å². The van der Waals surface area contributed by atoms with Gasteiger partial charge in [-0.25, -0.2) is 4.39 Å². The summed E-state index contributed by atoms with van der Waals surface area (Å²) in [6.07, 6.45) is 3.67. The van der Waals surface area contributed by atoms with Crippen LogP contribution in [0.2, 0.25) is 0 Å². The number of benzene rings is 1. The quantitative estimate of drug-likeness (QED) is 0.801. The summed E-state index contributed by atoms with van der Waals surface area (Å²) in [7, 11) is 3.50. The molecule has 1 saturated carbocycles. The van der Waals surface area contributed by atoms with Crippen LogP contribution in [0.15, 0.2) is 24.3 Å². The number of rotatable bonds is 6. The van der Waals surface area contributed by atoms with Crippen molar-refractivity contribution in [2.24, 2.45) is 11.3 Å². The van der Waals surface area contributed by atoms with Crippen molar-refractivity contribution in [1.82, 2.24) is 9.80 Å². The zero-order valence-corrected chi connectivity index (χ0v) is 14.6. The Labute approximate surface area is 143 Å². The van der Waals surface area contributed by atoms with Crippen molar-refractivity contribution < 1.29 is 13.9 Å². The Kier molecular flexibility index (Phi) is 5.21. The van der Waals surface area contributed by atoms with Crippen molar-refractivity contribution in [3.63, 3.8) is 0 Å². The number of halogens is 1. The standard InChI is InChI=1S/C19H27FN2O2/c1-21(2)18(23)12-24-14-19-9-3-4-16(19)11-22(13-19)10-15-5-7-17(20)8-6-15/h5-8,16H,3-4,9-14H2,1-2H3/t16-,19+/m0/s1. The van der Waals surface area contributed by atoms with Crippen LogP contribution in [-0.2, 0) is 16.1 Å². The van der Waals surface area contributed by atoms with Gasteiger partial charge in [0.25, 0.3) is 0 Å². The average molecular weight is 334 g/mol. The number of hydrogen-bond donors (Lipinski definition) is 0. The highest BCUT2D eigenvalue weighted by Crippen LogP contribution is 2.49. The summed E-state index contributed by atoms with van der Waals surface area (Å²) in [5, 5.41) is 0. The number of carbonyl (C=O) groups is 1. The Bertz CT molecular complexity index is 575. The molecule has 2 aliphatic rings. The Morgan fingerprint density at radius 2 is 2.12 bits per heavy atom. The topological polar surface area (TPSA) is 32.8 Å². The maximum Gasteiger partial charge on any atom is 0.248 e. The second kappa shape index (κ2) is 7.19. The van der Waals surface area contributed by atoms with Crippen LogP contribution in [0.25, 0.3) is 0 Å². The van der Waals surface area contributed by atoms with Crippen molar-refractivity contribution in [2.45, 2.75) is 25.8 Å². The first-order valence-electron chi connectivity index (χ1n) is 8.73. The van der Waals surface area contributed by atoms with E-state index < -0.39 is 0 Å². The van der Waals surface area contributed by atoms with Crippen LogP contribution >= 0.6 is 0 Å². The molecule has 1 saturated heterocycles. The molecule has 1 aromatic carbocycles. The van der Waals surface area contributed by atoms with Gasteiger partial charge in [-0.05, 0) is 36.5 Å². The summed E-state index contributed by atoms with van der Waals surface area (Å²) >= 11 is 0. The number of ether oxygens (including phenoxy) is 1. The van der Waals surface area contributed by atoms with Crippen LogP contribution in [0.4, 0.5) is 4.39 Å². The monoisotopic (exact) mass is 334 g/mol. The number of likely N-dealkylation sites (N-methyl/N-ethyl adjacent to an activating group) is 1. The van der Waals surface area contributed by atoms with E-state index in [-0.39, 0.29) is 23.7 Å². The molecule has 1 aliphatic carbocycles. The maximum atomic E-state index is 13.0. The number of likely N-dealkylation sites (tertiary alicyclic amines) is 1. The molecule has 0 aromatic heterocycles. The number of carbonyl (C=O) groups excluding carboxylic acids is 1. The van der Waals surface area contributed by atoms with Gasteiger partial charge in [0, 0.05) is 39.1 Å². The highest BCUT2D eigenvalue weighted by atomic mass is 19.1. The van der Waals surface area contributed by atoms with Crippen LogP contribution < -0.4 is 0 Å². The second-order valence-electron chi connectivity index (χ2n) is 7.53. The Hall–Kier alpha value is -1.46. The highest BCUT2D eigenvalue weighted by Gasteiger charge is 2.49. The lowest BCUT2D eigenvalue weighted by atomic mass is 9.81. The van der Waals surface area contributed by atoms with Gasteiger partial charge >= 0.3 is 0 Å². The first-order chi connectivity index (χ1) is 11.5. The summed E-state index contributed by atoms with van der Waals surface area (Å²) in [5.41, 5.74) is 1.34. The molecule has 24 heavy (non-hydrogen) atoms. The molecule has 0 unspecified atom stereocenters. The molecular formula is C19H27FN2O2. The van der Waals surface area contributed by atoms with Crippen LogP contribution in [0.1, 0.15) is 24.8 Å². The van der Waals surface area contributed by atoms with E-state index in [1.165, 1.54) is 31.4 Å². The van der Waals surface area contributed by atoms with Crippen LogP contribution in [0, 0.1) is 17.2 Å². The molecule has 1 aliphatic heterocycles. The fourth-order valence-electron chi connectivity index (χ4n) is 4.20. The minimum atomic E-state index is -0.188. The minimum absolute atomic E-state index is 0.0158. The molecule has 4 nitrogen and oxygen atoms in total. The fraction of sp³-hybridized carbons (Fsp3) is 0.632. The molecule has 5 heteroatoms. The van der Waals surface area contributed by atoms with Crippen molar-refractivity contribution >= 4 is 5.91 Å². The molecule has 0 N–H and O–H groups in total. The summed E-state index contributed by atoms with van der Waals surface area (Å²) in [4.78, 5) is 15.7. The number of nitrogens with zero attached hydrogens (tertiary/aromatic N) is 2. The number of fused-ring (bicyclic) bond motifs is 1. The van der Waals surface area contributed by atoms with Crippen LogP contribution in [0.5, 0.6) is 0 Å². The Morgan fingerprint density at radius 1 is 1.38 bits per heavy atom. The van der Waals surface area contributed by atoms with E-state index in [2.05, 4.69) is 4.90 Å². The smallest absolute Gasteiger partial charge is 0.248 e. The minimum Gasteiger partial charge on any atom is -0.371 e. The van der Waals surface area contributed by atoms with E-state index in [0.29, 0.717) is 12.5 Å². The SMILES string of the molecule is CN(C)C(=O)COC[C@]12CCC[C@H]1CN(Cc1ccc(F)cc1)C2. The molecule has 1 heterocycles. The van der Waals surface area contributed by atoms with Gasteiger partial charge in [0.05, 0.1) is 6.61 Å². The van der Waals surface area contributed by atoms with E-state index >= 15 is 0 Å². The van der Waals surface area contributed by atoms with Gasteiger partial charge in [0.1, 0.15) is 12.4 Å². The third-order valence-corrected chi connectivity index (χ3v) is 5.54. The van der Waals surface area contributed by atoms with Crippen molar-refractivity contribution in [1.29, 1.82) is 0 Å². The fourth-order valence-corrected chi connectivity index (χ4v) is 4.20. The van der Waals surface area contributed by atoms with E-state index in [1.54, 1.807) is 19.0 Å². The third kappa shape index (κ3) is 3.78.